The number of benzene rings is 1. The highest BCUT2D eigenvalue weighted by atomic mass is 31.1. The van der Waals surface area contributed by atoms with Crippen molar-refractivity contribution in [3.63, 3.8) is 0 Å². The van der Waals surface area contributed by atoms with E-state index in [1.165, 1.54) is 12.8 Å². The molecular weight excluding hydrogens is 219 g/mol. The van der Waals surface area contributed by atoms with E-state index in [1.807, 2.05) is 30.3 Å². The summed E-state index contributed by atoms with van der Waals surface area (Å²) in [4.78, 5) is 5.32. The van der Waals surface area contributed by atoms with E-state index < -0.39 is 0 Å². The fraction of sp³-hybridized carbons (Fsp3) is 0.538. The SMILES string of the molecule is CCCP(CCC)OOCc1ccccc1. The smallest absolute Gasteiger partial charge is 0.108 e. The van der Waals surface area contributed by atoms with Crippen molar-refractivity contribution in [2.24, 2.45) is 0 Å². The van der Waals surface area contributed by atoms with E-state index in [4.69, 9.17) is 9.56 Å². The van der Waals surface area contributed by atoms with Gasteiger partial charge in [0.25, 0.3) is 0 Å². The molecule has 0 radical (unpaired) electrons. The monoisotopic (exact) mass is 240 g/mol. The second-order valence-electron chi connectivity index (χ2n) is 3.75. The van der Waals surface area contributed by atoms with Crippen LogP contribution in [0.2, 0.25) is 0 Å². The first-order valence-corrected chi connectivity index (χ1v) is 7.58. The quantitative estimate of drug-likeness (QED) is 0.382. The normalized spacial score (nSPS) is 10.9. The molecule has 0 fully saturated rings. The Bertz CT molecular complexity index is 258. The van der Waals surface area contributed by atoms with Gasteiger partial charge in [0.05, 0.1) is 8.15 Å². The molecule has 0 N–H and O–H groups in total. The molecule has 0 aliphatic heterocycles. The Morgan fingerprint density at radius 1 is 1.00 bits per heavy atom. The van der Waals surface area contributed by atoms with E-state index in [-0.39, 0.29) is 8.15 Å². The Labute approximate surface area is 99.7 Å². The molecule has 0 saturated heterocycles. The predicted octanol–water partition coefficient (Wildman–Crippen LogP) is 4.35. The highest BCUT2D eigenvalue weighted by Gasteiger charge is 2.07. The van der Waals surface area contributed by atoms with Crippen LogP contribution in [0.3, 0.4) is 0 Å². The van der Waals surface area contributed by atoms with E-state index in [0.717, 1.165) is 17.9 Å². The first-order valence-electron chi connectivity index (χ1n) is 5.95. The van der Waals surface area contributed by atoms with Gasteiger partial charge >= 0.3 is 0 Å². The lowest BCUT2D eigenvalue weighted by atomic mass is 10.2. The maximum absolute atomic E-state index is 5.49. The molecule has 0 spiro atoms. The predicted molar refractivity (Wildman–Crippen MR) is 69.6 cm³/mol. The maximum Gasteiger partial charge on any atom is 0.108 e. The molecule has 3 heteroatoms. The van der Waals surface area contributed by atoms with E-state index in [9.17, 15) is 0 Å². The van der Waals surface area contributed by atoms with Crippen LogP contribution in [0.25, 0.3) is 0 Å². The minimum absolute atomic E-state index is 0.379. The van der Waals surface area contributed by atoms with Crippen molar-refractivity contribution in [3.05, 3.63) is 35.9 Å². The lowest BCUT2D eigenvalue weighted by Crippen LogP contribution is -1.96. The Kier molecular flexibility index (Phi) is 7.41. The lowest BCUT2D eigenvalue weighted by Gasteiger charge is -2.14. The Morgan fingerprint density at radius 3 is 2.19 bits per heavy atom. The molecule has 1 aromatic rings. The van der Waals surface area contributed by atoms with Crippen molar-refractivity contribution in [1.29, 1.82) is 0 Å². The van der Waals surface area contributed by atoms with Crippen molar-refractivity contribution in [2.45, 2.75) is 33.3 Å². The van der Waals surface area contributed by atoms with E-state index in [0.29, 0.717) is 6.61 Å². The molecule has 0 aromatic heterocycles. The summed E-state index contributed by atoms with van der Waals surface area (Å²) >= 11 is 0. The second-order valence-corrected chi connectivity index (χ2v) is 5.76. The van der Waals surface area contributed by atoms with Crippen LogP contribution in [0.1, 0.15) is 32.3 Å². The van der Waals surface area contributed by atoms with Gasteiger partial charge in [-0.15, -0.1) is 0 Å². The van der Waals surface area contributed by atoms with E-state index >= 15 is 0 Å². The summed E-state index contributed by atoms with van der Waals surface area (Å²) in [6.07, 6.45) is 4.61. The van der Waals surface area contributed by atoms with Crippen molar-refractivity contribution in [2.75, 3.05) is 12.3 Å². The van der Waals surface area contributed by atoms with Crippen LogP contribution in [-0.4, -0.2) is 12.3 Å². The van der Waals surface area contributed by atoms with Gasteiger partial charge in [0.15, 0.2) is 0 Å². The van der Waals surface area contributed by atoms with E-state index in [2.05, 4.69) is 13.8 Å². The molecule has 0 aliphatic carbocycles. The molecular formula is C13H21O2P. The number of hydrogen-bond donors (Lipinski definition) is 0. The summed E-state index contributed by atoms with van der Waals surface area (Å²) in [5.41, 5.74) is 1.16. The number of hydrogen-bond acceptors (Lipinski definition) is 2. The zero-order valence-electron chi connectivity index (χ0n) is 10.2. The minimum Gasteiger partial charge on any atom is -0.229 e. The fourth-order valence-corrected chi connectivity index (χ4v) is 3.00. The van der Waals surface area contributed by atoms with Crippen LogP contribution < -0.4 is 0 Å². The Hall–Kier alpha value is -0.430. The van der Waals surface area contributed by atoms with Crippen LogP contribution in [-0.2, 0) is 16.2 Å². The molecule has 0 bridgehead atoms. The highest BCUT2D eigenvalue weighted by Crippen LogP contribution is 2.38. The zero-order chi connectivity index (χ0) is 11.6. The summed E-state index contributed by atoms with van der Waals surface area (Å²) in [5, 5.41) is 0. The van der Waals surface area contributed by atoms with Gasteiger partial charge in [0, 0.05) is 0 Å². The molecule has 16 heavy (non-hydrogen) atoms. The molecule has 0 saturated carbocycles. The summed E-state index contributed by atoms with van der Waals surface area (Å²) in [6.45, 7) is 4.92. The van der Waals surface area contributed by atoms with E-state index in [1.54, 1.807) is 0 Å². The number of rotatable bonds is 8. The van der Waals surface area contributed by atoms with Gasteiger partial charge in [-0.1, -0.05) is 44.2 Å². The van der Waals surface area contributed by atoms with Crippen molar-refractivity contribution < 1.29 is 9.56 Å². The fourth-order valence-electron chi connectivity index (χ4n) is 1.43. The average molecular weight is 240 g/mol. The van der Waals surface area contributed by atoms with Crippen LogP contribution in [0, 0.1) is 0 Å². The van der Waals surface area contributed by atoms with Gasteiger partial charge in [-0.3, -0.25) is 0 Å². The molecule has 0 atom stereocenters. The Balaban J connectivity index is 2.22. The van der Waals surface area contributed by atoms with Gasteiger partial charge in [-0.2, -0.15) is 0 Å². The van der Waals surface area contributed by atoms with Gasteiger partial charge in [0.1, 0.15) is 6.61 Å². The van der Waals surface area contributed by atoms with Crippen LogP contribution in [0.5, 0.6) is 0 Å². The van der Waals surface area contributed by atoms with Gasteiger partial charge in [-0.05, 0) is 30.7 Å². The third-order valence-corrected chi connectivity index (χ3v) is 4.38. The standard InChI is InChI=1S/C13H21O2P/c1-3-10-16(11-4-2)15-14-12-13-8-6-5-7-9-13/h5-9H,3-4,10-12H2,1-2H3. The molecule has 1 aromatic carbocycles. The highest BCUT2D eigenvalue weighted by molar-refractivity contribution is 7.52. The minimum atomic E-state index is -0.379. The van der Waals surface area contributed by atoms with Gasteiger partial charge < -0.3 is 0 Å². The third-order valence-electron chi connectivity index (χ3n) is 2.17. The first-order chi connectivity index (χ1) is 7.86. The topological polar surface area (TPSA) is 18.5 Å². The molecule has 0 amide bonds. The Morgan fingerprint density at radius 2 is 1.62 bits per heavy atom. The molecule has 90 valence electrons. The molecule has 0 heterocycles. The molecule has 1 rings (SSSR count). The van der Waals surface area contributed by atoms with Crippen LogP contribution >= 0.6 is 8.15 Å². The van der Waals surface area contributed by atoms with Gasteiger partial charge in [0.2, 0.25) is 0 Å². The van der Waals surface area contributed by atoms with Crippen molar-refractivity contribution in [3.8, 4) is 0 Å². The third kappa shape index (κ3) is 5.60. The lowest BCUT2D eigenvalue weighted by molar-refractivity contribution is -0.210. The summed E-state index contributed by atoms with van der Waals surface area (Å²) in [5.74, 6) is 0. The van der Waals surface area contributed by atoms with Crippen LogP contribution in [0.4, 0.5) is 0 Å². The largest absolute Gasteiger partial charge is 0.229 e. The summed E-state index contributed by atoms with van der Waals surface area (Å²) in [6, 6.07) is 10.1. The molecule has 0 unspecified atom stereocenters. The van der Waals surface area contributed by atoms with Gasteiger partial charge in [-0.25, -0.2) is 9.56 Å². The summed E-state index contributed by atoms with van der Waals surface area (Å²) in [7, 11) is -0.379. The van der Waals surface area contributed by atoms with Crippen molar-refractivity contribution in [1.82, 2.24) is 0 Å². The first kappa shape index (κ1) is 13.6. The zero-order valence-corrected chi connectivity index (χ0v) is 11.1. The molecule has 2 nitrogen and oxygen atoms in total. The van der Waals surface area contributed by atoms with Crippen LogP contribution in [0.15, 0.2) is 30.3 Å². The maximum atomic E-state index is 5.49. The van der Waals surface area contributed by atoms with Crippen molar-refractivity contribution >= 4 is 8.15 Å². The second kappa shape index (κ2) is 8.69. The summed E-state index contributed by atoms with van der Waals surface area (Å²) < 4.78 is 5.49. The molecule has 0 aliphatic rings. The average Bonchev–Trinajstić information content (AvgIpc) is 2.31.